The van der Waals surface area contributed by atoms with Gasteiger partial charge in [0.05, 0.1) is 34.0 Å². The van der Waals surface area contributed by atoms with E-state index in [2.05, 4.69) is 4.98 Å². The molecule has 2 aromatic carbocycles. The molecule has 2 aliphatic heterocycles. The number of benzene rings is 2. The Morgan fingerprint density at radius 2 is 1.94 bits per heavy atom. The molecule has 3 amide bonds. The molecule has 0 bridgehead atoms. The van der Waals surface area contributed by atoms with Crippen LogP contribution in [0.4, 0.5) is 5.13 Å². The van der Waals surface area contributed by atoms with Crippen LogP contribution in [0.3, 0.4) is 0 Å². The molecule has 1 aromatic heterocycles. The Balaban J connectivity index is 1.44. The van der Waals surface area contributed by atoms with Crippen molar-refractivity contribution in [3.63, 3.8) is 0 Å². The number of fused-ring (bicyclic) bond motifs is 2. The van der Waals surface area contributed by atoms with Crippen molar-refractivity contribution < 1.29 is 19.1 Å². The number of carbonyl (C=O) groups is 3. The number of nitrogens with zero attached hydrogens (tertiary/aromatic N) is 3. The number of imide groups is 1. The minimum Gasteiger partial charge on any atom is -0.376 e. The molecule has 3 aromatic rings. The van der Waals surface area contributed by atoms with E-state index in [1.165, 1.54) is 16.2 Å². The van der Waals surface area contributed by atoms with E-state index in [0.717, 1.165) is 28.0 Å². The molecule has 2 aliphatic rings. The Morgan fingerprint density at radius 1 is 1.19 bits per heavy atom. The predicted molar refractivity (Wildman–Crippen MR) is 118 cm³/mol. The van der Waals surface area contributed by atoms with Crippen LogP contribution in [-0.2, 0) is 9.53 Å². The van der Waals surface area contributed by atoms with Gasteiger partial charge < -0.3 is 4.74 Å². The maximum absolute atomic E-state index is 13.3. The van der Waals surface area contributed by atoms with Crippen LogP contribution in [0.5, 0.6) is 0 Å². The van der Waals surface area contributed by atoms with Gasteiger partial charge in [-0.1, -0.05) is 35.1 Å². The molecule has 1 atom stereocenters. The summed E-state index contributed by atoms with van der Waals surface area (Å²) in [5.41, 5.74) is 1.37. The maximum atomic E-state index is 13.3. The number of halogens is 1. The van der Waals surface area contributed by atoms with Crippen LogP contribution in [0, 0.1) is 0 Å². The standard InChI is InChI=1S/C22H18ClN3O4S/c23-13-7-8-17-18(10-13)31-22(24-17)25(11-14-4-3-9-30-14)19(27)12-26-20(28)15-5-1-2-6-16(15)21(26)29/h1-2,5-8,10,14H,3-4,9,11-12H2. The number of ether oxygens (including phenoxy) is 1. The molecule has 9 heteroatoms. The van der Waals surface area contributed by atoms with E-state index >= 15 is 0 Å². The molecule has 1 saturated heterocycles. The van der Waals surface area contributed by atoms with Gasteiger partial charge in [-0.25, -0.2) is 4.98 Å². The number of rotatable bonds is 5. The highest BCUT2D eigenvalue weighted by molar-refractivity contribution is 7.22. The lowest BCUT2D eigenvalue weighted by atomic mass is 10.1. The van der Waals surface area contributed by atoms with Gasteiger partial charge in [-0.2, -0.15) is 0 Å². The van der Waals surface area contributed by atoms with Crippen molar-refractivity contribution >= 4 is 56.0 Å². The second-order valence-electron chi connectivity index (χ2n) is 7.49. The summed E-state index contributed by atoms with van der Waals surface area (Å²) in [6.07, 6.45) is 1.66. The second-order valence-corrected chi connectivity index (χ2v) is 8.94. The van der Waals surface area contributed by atoms with E-state index in [9.17, 15) is 14.4 Å². The van der Waals surface area contributed by atoms with Crippen molar-refractivity contribution in [3.8, 4) is 0 Å². The van der Waals surface area contributed by atoms with Crippen molar-refractivity contribution in [1.82, 2.24) is 9.88 Å². The zero-order valence-corrected chi connectivity index (χ0v) is 18.0. The Kier molecular flexibility index (Phi) is 5.21. The summed E-state index contributed by atoms with van der Waals surface area (Å²) in [4.78, 5) is 45.9. The van der Waals surface area contributed by atoms with Crippen LogP contribution < -0.4 is 4.90 Å². The molecule has 0 radical (unpaired) electrons. The fraction of sp³-hybridized carbons (Fsp3) is 0.273. The van der Waals surface area contributed by atoms with Gasteiger partial charge in [0.1, 0.15) is 6.54 Å². The molecular formula is C22H18ClN3O4S. The molecule has 7 nitrogen and oxygen atoms in total. The van der Waals surface area contributed by atoms with Crippen molar-refractivity contribution in [2.45, 2.75) is 18.9 Å². The van der Waals surface area contributed by atoms with Gasteiger partial charge in [0.15, 0.2) is 5.13 Å². The topological polar surface area (TPSA) is 79.8 Å². The first-order valence-electron chi connectivity index (χ1n) is 9.94. The zero-order chi connectivity index (χ0) is 21.5. The quantitative estimate of drug-likeness (QED) is 0.547. The summed E-state index contributed by atoms with van der Waals surface area (Å²) >= 11 is 7.44. The number of anilines is 1. The number of thiazole rings is 1. The summed E-state index contributed by atoms with van der Waals surface area (Å²) < 4.78 is 6.58. The van der Waals surface area contributed by atoms with Crippen molar-refractivity contribution in [2.24, 2.45) is 0 Å². The second kappa shape index (κ2) is 8.03. The SMILES string of the molecule is O=C1c2ccccc2C(=O)N1CC(=O)N(CC1CCCO1)c1nc2ccc(Cl)cc2s1. The minimum absolute atomic E-state index is 0.110. The Hall–Kier alpha value is -2.81. The van der Waals surface area contributed by atoms with Crippen LogP contribution in [-0.4, -0.2) is 53.4 Å². The van der Waals surface area contributed by atoms with E-state index in [1.54, 1.807) is 42.5 Å². The molecule has 1 fully saturated rings. The molecular weight excluding hydrogens is 438 g/mol. The maximum Gasteiger partial charge on any atom is 0.262 e. The van der Waals surface area contributed by atoms with Crippen LogP contribution >= 0.6 is 22.9 Å². The van der Waals surface area contributed by atoms with Gasteiger partial charge in [0.2, 0.25) is 5.91 Å². The Bertz CT molecular complexity index is 1170. The van der Waals surface area contributed by atoms with Gasteiger partial charge in [-0.15, -0.1) is 0 Å². The smallest absolute Gasteiger partial charge is 0.262 e. The predicted octanol–water partition coefficient (Wildman–Crippen LogP) is 3.76. The average molecular weight is 456 g/mol. The summed E-state index contributed by atoms with van der Waals surface area (Å²) in [7, 11) is 0. The lowest BCUT2D eigenvalue weighted by molar-refractivity contribution is -0.119. The summed E-state index contributed by atoms with van der Waals surface area (Å²) in [6.45, 7) is 0.617. The summed E-state index contributed by atoms with van der Waals surface area (Å²) in [6, 6.07) is 11.9. The van der Waals surface area contributed by atoms with E-state index in [1.807, 2.05) is 0 Å². The zero-order valence-electron chi connectivity index (χ0n) is 16.4. The van der Waals surface area contributed by atoms with Crippen LogP contribution in [0.2, 0.25) is 5.02 Å². The van der Waals surface area contributed by atoms with E-state index in [4.69, 9.17) is 16.3 Å². The van der Waals surface area contributed by atoms with E-state index in [-0.39, 0.29) is 18.6 Å². The van der Waals surface area contributed by atoms with Crippen molar-refractivity contribution in [3.05, 3.63) is 58.6 Å². The minimum atomic E-state index is -0.456. The number of amides is 3. The van der Waals surface area contributed by atoms with Crippen LogP contribution in [0.1, 0.15) is 33.6 Å². The fourth-order valence-electron chi connectivity index (χ4n) is 3.88. The highest BCUT2D eigenvalue weighted by atomic mass is 35.5. The largest absolute Gasteiger partial charge is 0.376 e. The molecule has 31 heavy (non-hydrogen) atoms. The van der Waals surface area contributed by atoms with E-state index in [0.29, 0.717) is 34.4 Å². The number of aromatic nitrogens is 1. The number of hydrogen-bond donors (Lipinski definition) is 0. The molecule has 0 saturated carbocycles. The Morgan fingerprint density at radius 3 is 2.61 bits per heavy atom. The van der Waals surface area contributed by atoms with Gasteiger partial charge in [0, 0.05) is 11.6 Å². The highest BCUT2D eigenvalue weighted by Gasteiger charge is 2.38. The molecule has 3 heterocycles. The monoisotopic (exact) mass is 455 g/mol. The molecule has 0 aliphatic carbocycles. The third kappa shape index (κ3) is 3.71. The summed E-state index contributed by atoms with van der Waals surface area (Å²) in [5.74, 6) is -1.29. The van der Waals surface area contributed by atoms with Crippen molar-refractivity contribution in [1.29, 1.82) is 0 Å². The van der Waals surface area contributed by atoms with Crippen LogP contribution in [0.15, 0.2) is 42.5 Å². The Labute approximate surface area is 187 Å². The van der Waals surface area contributed by atoms with Crippen LogP contribution in [0.25, 0.3) is 10.2 Å². The molecule has 5 rings (SSSR count). The van der Waals surface area contributed by atoms with Crippen molar-refractivity contribution in [2.75, 3.05) is 24.6 Å². The lowest BCUT2D eigenvalue weighted by Crippen LogP contribution is -2.45. The number of carbonyl (C=O) groups excluding carboxylic acids is 3. The highest BCUT2D eigenvalue weighted by Crippen LogP contribution is 2.32. The number of hydrogen-bond acceptors (Lipinski definition) is 6. The van der Waals surface area contributed by atoms with E-state index < -0.39 is 11.8 Å². The normalized spacial score (nSPS) is 18.1. The first-order valence-corrected chi connectivity index (χ1v) is 11.1. The average Bonchev–Trinajstić information content (AvgIpc) is 3.48. The van der Waals surface area contributed by atoms with Gasteiger partial charge in [-0.05, 0) is 43.2 Å². The third-order valence-corrected chi connectivity index (χ3v) is 6.73. The van der Waals surface area contributed by atoms with Gasteiger partial charge in [0.25, 0.3) is 11.8 Å². The summed E-state index contributed by atoms with van der Waals surface area (Å²) in [5, 5.41) is 1.08. The molecule has 0 spiro atoms. The first-order chi connectivity index (χ1) is 15.0. The molecule has 0 N–H and O–H groups in total. The van der Waals surface area contributed by atoms with Gasteiger partial charge in [-0.3, -0.25) is 24.2 Å². The lowest BCUT2D eigenvalue weighted by Gasteiger charge is -2.25. The molecule has 158 valence electrons. The molecule has 1 unspecified atom stereocenters. The first kappa shape index (κ1) is 20.1. The fourth-order valence-corrected chi connectivity index (χ4v) is 5.15. The third-order valence-electron chi connectivity index (χ3n) is 5.45. The van der Waals surface area contributed by atoms with Gasteiger partial charge >= 0.3 is 0 Å².